The lowest BCUT2D eigenvalue weighted by Gasteiger charge is -2.21. The third kappa shape index (κ3) is 3.21. The van der Waals surface area contributed by atoms with E-state index in [1.807, 2.05) is 16.8 Å². The molecule has 0 aliphatic heterocycles. The summed E-state index contributed by atoms with van der Waals surface area (Å²) in [6, 6.07) is 5.93. The molecule has 1 aliphatic rings. The van der Waals surface area contributed by atoms with Gasteiger partial charge in [0.05, 0.1) is 0 Å². The van der Waals surface area contributed by atoms with E-state index in [2.05, 4.69) is 15.9 Å². The molecule has 0 spiro atoms. The van der Waals surface area contributed by atoms with Crippen molar-refractivity contribution < 1.29 is 12.8 Å². The van der Waals surface area contributed by atoms with E-state index in [1.54, 1.807) is 6.07 Å². The molecule has 0 amide bonds. The summed E-state index contributed by atoms with van der Waals surface area (Å²) in [5.74, 6) is -0.722. The van der Waals surface area contributed by atoms with Gasteiger partial charge in [-0.2, -0.15) is 15.6 Å². The van der Waals surface area contributed by atoms with Crippen molar-refractivity contribution in [1.82, 2.24) is 4.31 Å². The average molecular weight is 390 g/mol. The standard InChI is InChI=1S/C14H13BrFNO2S2/c15-11-1-4-14(13(16)7-11)21(18,19)17(12-2-3-12)8-10-5-6-20-9-10/h1,4-7,9,12H,2-3,8H2. The third-order valence-electron chi connectivity index (χ3n) is 3.35. The quantitative estimate of drug-likeness (QED) is 0.774. The Morgan fingerprint density at radius 2 is 2.10 bits per heavy atom. The van der Waals surface area contributed by atoms with E-state index in [0.717, 1.165) is 18.4 Å². The molecule has 1 heterocycles. The summed E-state index contributed by atoms with van der Waals surface area (Å²) in [6.45, 7) is 0.298. The van der Waals surface area contributed by atoms with Gasteiger partial charge < -0.3 is 0 Å². The van der Waals surface area contributed by atoms with Gasteiger partial charge >= 0.3 is 0 Å². The van der Waals surface area contributed by atoms with E-state index in [9.17, 15) is 12.8 Å². The summed E-state index contributed by atoms with van der Waals surface area (Å²) in [5.41, 5.74) is 0.938. The van der Waals surface area contributed by atoms with Crippen LogP contribution in [0.3, 0.4) is 0 Å². The van der Waals surface area contributed by atoms with Crippen molar-refractivity contribution in [3.63, 3.8) is 0 Å². The molecule has 1 aromatic heterocycles. The summed E-state index contributed by atoms with van der Waals surface area (Å²) in [6.07, 6.45) is 1.67. The molecule has 2 aromatic rings. The molecule has 0 saturated heterocycles. The molecular weight excluding hydrogens is 377 g/mol. The lowest BCUT2D eigenvalue weighted by atomic mass is 10.3. The largest absolute Gasteiger partial charge is 0.246 e. The van der Waals surface area contributed by atoms with Gasteiger partial charge in [0.2, 0.25) is 10.0 Å². The smallest absolute Gasteiger partial charge is 0.207 e. The second-order valence-corrected chi connectivity index (χ2v) is 8.54. The minimum Gasteiger partial charge on any atom is -0.207 e. The summed E-state index contributed by atoms with van der Waals surface area (Å²) in [5, 5.41) is 3.83. The number of hydrogen-bond acceptors (Lipinski definition) is 3. The lowest BCUT2D eigenvalue weighted by Crippen LogP contribution is -2.33. The van der Waals surface area contributed by atoms with E-state index in [1.165, 1.54) is 27.8 Å². The number of nitrogens with zero attached hydrogens (tertiary/aromatic N) is 1. The molecule has 21 heavy (non-hydrogen) atoms. The predicted molar refractivity (Wildman–Crippen MR) is 84.2 cm³/mol. The van der Waals surface area contributed by atoms with Crippen LogP contribution in [0.1, 0.15) is 18.4 Å². The normalized spacial score (nSPS) is 15.6. The second kappa shape index (κ2) is 5.79. The Bertz CT molecular complexity index is 742. The van der Waals surface area contributed by atoms with Crippen LogP contribution in [0.15, 0.2) is 44.4 Å². The van der Waals surface area contributed by atoms with Crippen molar-refractivity contribution >= 4 is 37.3 Å². The highest BCUT2D eigenvalue weighted by Crippen LogP contribution is 2.34. The van der Waals surface area contributed by atoms with Gasteiger partial charge in [0.25, 0.3) is 0 Å². The van der Waals surface area contributed by atoms with Crippen molar-refractivity contribution in [3.05, 3.63) is 50.9 Å². The van der Waals surface area contributed by atoms with Gasteiger partial charge in [-0.25, -0.2) is 12.8 Å². The van der Waals surface area contributed by atoms with Gasteiger partial charge in [-0.3, -0.25) is 0 Å². The Morgan fingerprint density at radius 1 is 1.33 bits per heavy atom. The number of thiophene rings is 1. The van der Waals surface area contributed by atoms with Crippen molar-refractivity contribution in [2.45, 2.75) is 30.3 Å². The maximum absolute atomic E-state index is 14.0. The Balaban J connectivity index is 1.97. The van der Waals surface area contributed by atoms with Crippen LogP contribution in [0.2, 0.25) is 0 Å². The van der Waals surface area contributed by atoms with Crippen molar-refractivity contribution in [2.24, 2.45) is 0 Å². The molecule has 1 fully saturated rings. The summed E-state index contributed by atoms with van der Waals surface area (Å²) in [4.78, 5) is -0.257. The summed E-state index contributed by atoms with van der Waals surface area (Å²) in [7, 11) is -3.82. The fourth-order valence-corrected chi connectivity index (χ4v) is 4.86. The van der Waals surface area contributed by atoms with Gasteiger partial charge in [0.1, 0.15) is 10.7 Å². The highest BCUT2D eigenvalue weighted by atomic mass is 79.9. The molecule has 112 valence electrons. The van der Waals surface area contributed by atoms with Gasteiger partial charge in [-0.1, -0.05) is 15.9 Å². The first-order valence-electron chi connectivity index (χ1n) is 6.46. The first-order chi connectivity index (χ1) is 9.98. The number of sulfonamides is 1. The number of benzene rings is 1. The van der Waals surface area contributed by atoms with Gasteiger partial charge in [0, 0.05) is 17.1 Å². The fraction of sp³-hybridized carbons (Fsp3) is 0.286. The Morgan fingerprint density at radius 3 is 2.67 bits per heavy atom. The molecule has 0 N–H and O–H groups in total. The molecule has 0 unspecified atom stereocenters. The SMILES string of the molecule is O=S(=O)(c1ccc(Br)cc1F)N(Cc1ccsc1)C1CC1. The lowest BCUT2D eigenvalue weighted by molar-refractivity contribution is 0.395. The summed E-state index contributed by atoms with van der Waals surface area (Å²) < 4.78 is 41.5. The zero-order valence-corrected chi connectivity index (χ0v) is 14.2. The van der Waals surface area contributed by atoms with Crippen molar-refractivity contribution in [1.29, 1.82) is 0 Å². The zero-order valence-electron chi connectivity index (χ0n) is 11.0. The van der Waals surface area contributed by atoms with Crippen LogP contribution in [-0.2, 0) is 16.6 Å². The van der Waals surface area contributed by atoms with Gasteiger partial charge in [0.15, 0.2) is 0 Å². The molecule has 7 heteroatoms. The first-order valence-corrected chi connectivity index (χ1v) is 9.64. The molecule has 1 aliphatic carbocycles. The van der Waals surface area contributed by atoms with E-state index >= 15 is 0 Å². The second-order valence-electron chi connectivity index (χ2n) is 4.99. The van der Waals surface area contributed by atoms with Crippen LogP contribution in [0.25, 0.3) is 0 Å². The van der Waals surface area contributed by atoms with Crippen LogP contribution in [0.4, 0.5) is 4.39 Å². The monoisotopic (exact) mass is 389 g/mol. The first kappa shape index (κ1) is 15.1. The van der Waals surface area contributed by atoms with E-state index in [0.29, 0.717) is 11.0 Å². The number of hydrogen-bond donors (Lipinski definition) is 0. The number of rotatable bonds is 5. The van der Waals surface area contributed by atoms with Crippen LogP contribution >= 0.6 is 27.3 Å². The van der Waals surface area contributed by atoms with Crippen LogP contribution < -0.4 is 0 Å². The minimum absolute atomic E-state index is 0.0158. The van der Waals surface area contributed by atoms with Crippen LogP contribution in [-0.4, -0.2) is 18.8 Å². The van der Waals surface area contributed by atoms with Crippen molar-refractivity contribution in [2.75, 3.05) is 0 Å². The molecule has 0 radical (unpaired) electrons. The molecule has 0 atom stereocenters. The van der Waals surface area contributed by atoms with Crippen LogP contribution in [0.5, 0.6) is 0 Å². The third-order valence-corrected chi connectivity index (χ3v) is 6.51. The highest BCUT2D eigenvalue weighted by molar-refractivity contribution is 9.10. The van der Waals surface area contributed by atoms with Crippen LogP contribution in [0, 0.1) is 5.82 Å². The number of halogens is 2. The topological polar surface area (TPSA) is 37.4 Å². The van der Waals surface area contributed by atoms with Gasteiger partial charge in [-0.15, -0.1) is 0 Å². The Kier molecular flexibility index (Phi) is 4.18. The molecule has 3 nitrogen and oxygen atoms in total. The minimum atomic E-state index is -3.82. The van der Waals surface area contributed by atoms with E-state index in [-0.39, 0.29) is 10.9 Å². The zero-order chi connectivity index (χ0) is 15.0. The summed E-state index contributed by atoms with van der Waals surface area (Å²) >= 11 is 4.67. The maximum atomic E-state index is 14.0. The highest BCUT2D eigenvalue weighted by Gasteiger charge is 2.39. The Hall–Kier alpha value is -0.760. The molecular formula is C14H13BrFNO2S2. The molecule has 3 rings (SSSR count). The van der Waals surface area contributed by atoms with E-state index in [4.69, 9.17) is 0 Å². The molecule has 1 aromatic carbocycles. The predicted octanol–water partition coefficient (Wildman–Crippen LogP) is 4.00. The van der Waals surface area contributed by atoms with E-state index < -0.39 is 15.8 Å². The average Bonchev–Trinajstić information content (AvgIpc) is 3.11. The molecule has 1 saturated carbocycles. The fourth-order valence-electron chi connectivity index (χ4n) is 2.15. The Labute approximate surface area is 135 Å². The van der Waals surface area contributed by atoms with Crippen molar-refractivity contribution in [3.8, 4) is 0 Å². The maximum Gasteiger partial charge on any atom is 0.246 e. The molecule has 0 bridgehead atoms. The van der Waals surface area contributed by atoms with Gasteiger partial charge in [-0.05, 0) is 53.4 Å².